The van der Waals surface area contributed by atoms with Crippen LogP contribution < -0.4 is 10.6 Å². The van der Waals surface area contributed by atoms with E-state index in [1.807, 2.05) is 35.0 Å². The van der Waals surface area contributed by atoms with Crippen LogP contribution in [0.3, 0.4) is 0 Å². The number of hydrogen-bond donors (Lipinski definition) is 2. The third-order valence-electron chi connectivity index (χ3n) is 4.13. The molecule has 3 rings (SSSR count). The van der Waals surface area contributed by atoms with Gasteiger partial charge in [-0.15, -0.1) is 0 Å². The van der Waals surface area contributed by atoms with E-state index in [9.17, 15) is 4.79 Å². The van der Waals surface area contributed by atoms with Crippen molar-refractivity contribution in [3.8, 4) is 0 Å². The van der Waals surface area contributed by atoms with Crippen molar-refractivity contribution in [1.29, 1.82) is 0 Å². The fourth-order valence-electron chi connectivity index (χ4n) is 2.80. The maximum Gasteiger partial charge on any atom is 0.315 e. The second-order valence-electron chi connectivity index (χ2n) is 5.93. The summed E-state index contributed by atoms with van der Waals surface area (Å²) >= 11 is 0. The number of imidazole rings is 1. The lowest BCUT2D eigenvalue weighted by molar-refractivity contribution is 0.214. The van der Waals surface area contributed by atoms with E-state index in [2.05, 4.69) is 27.6 Å². The second kappa shape index (κ2) is 6.79. The number of fused-ring (bicyclic) bond motifs is 1. The maximum absolute atomic E-state index is 11.9. The molecule has 1 aliphatic heterocycles. The summed E-state index contributed by atoms with van der Waals surface area (Å²) in [5.74, 6) is 0. The first-order valence-corrected chi connectivity index (χ1v) is 7.86. The van der Waals surface area contributed by atoms with Gasteiger partial charge in [0.1, 0.15) is 5.65 Å². The van der Waals surface area contributed by atoms with Gasteiger partial charge in [0, 0.05) is 31.4 Å². The van der Waals surface area contributed by atoms with E-state index >= 15 is 0 Å². The van der Waals surface area contributed by atoms with E-state index < -0.39 is 0 Å². The van der Waals surface area contributed by atoms with Gasteiger partial charge in [-0.25, -0.2) is 9.78 Å². The molecule has 6 heteroatoms. The molecule has 2 N–H and O–H groups in total. The molecule has 2 aromatic rings. The van der Waals surface area contributed by atoms with Gasteiger partial charge in [0.15, 0.2) is 0 Å². The number of carbonyl (C=O) groups is 1. The van der Waals surface area contributed by atoms with Gasteiger partial charge in [0.2, 0.25) is 0 Å². The molecule has 1 aliphatic rings. The third-order valence-corrected chi connectivity index (χ3v) is 4.13. The SMILES string of the molecule is CN1CCC(NC(=O)NCCc2cn3ccccc3n2)CC1. The molecular formula is C16H23N5O. The lowest BCUT2D eigenvalue weighted by Crippen LogP contribution is -2.47. The Balaban J connectivity index is 1.41. The molecule has 0 atom stereocenters. The van der Waals surface area contributed by atoms with Crippen LogP contribution in [0.15, 0.2) is 30.6 Å². The Kier molecular flexibility index (Phi) is 4.58. The van der Waals surface area contributed by atoms with E-state index in [1.54, 1.807) is 0 Å². The number of urea groups is 1. The highest BCUT2D eigenvalue weighted by Gasteiger charge is 2.18. The molecule has 118 valence electrons. The number of hydrogen-bond acceptors (Lipinski definition) is 3. The van der Waals surface area contributed by atoms with Crippen molar-refractivity contribution in [2.24, 2.45) is 0 Å². The first kappa shape index (κ1) is 14.8. The van der Waals surface area contributed by atoms with Crippen molar-refractivity contribution in [1.82, 2.24) is 24.9 Å². The lowest BCUT2D eigenvalue weighted by Gasteiger charge is -2.29. The largest absolute Gasteiger partial charge is 0.338 e. The Morgan fingerprint density at radius 1 is 1.36 bits per heavy atom. The van der Waals surface area contributed by atoms with E-state index in [0.717, 1.165) is 43.7 Å². The fourth-order valence-corrected chi connectivity index (χ4v) is 2.80. The third kappa shape index (κ3) is 3.76. The van der Waals surface area contributed by atoms with Crippen molar-refractivity contribution >= 4 is 11.7 Å². The van der Waals surface area contributed by atoms with Crippen LogP contribution in [0.2, 0.25) is 0 Å². The van der Waals surface area contributed by atoms with Gasteiger partial charge in [-0.1, -0.05) is 6.07 Å². The number of nitrogens with one attached hydrogen (secondary N) is 2. The predicted octanol–water partition coefficient (Wildman–Crippen LogP) is 1.27. The summed E-state index contributed by atoms with van der Waals surface area (Å²) < 4.78 is 1.99. The van der Waals surface area contributed by atoms with Crippen molar-refractivity contribution in [2.45, 2.75) is 25.3 Å². The molecule has 0 unspecified atom stereocenters. The van der Waals surface area contributed by atoms with E-state index in [0.29, 0.717) is 12.6 Å². The van der Waals surface area contributed by atoms with Gasteiger partial charge in [-0.3, -0.25) is 0 Å². The van der Waals surface area contributed by atoms with Crippen LogP contribution in [-0.4, -0.2) is 53.0 Å². The molecule has 1 saturated heterocycles. The van der Waals surface area contributed by atoms with Crippen LogP contribution >= 0.6 is 0 Å². The Morgan fingerprint density at radius 2 is 2.18 bits per heavy atom. The summed E-state index contributed by atoms with van der Waals surface area (Å²) in [4.78, 5) is 18.7. The molecule has 0 aliphatic carbocycles. The van der Waals surface area contributed by atoms with Crippen LogP contribution in [-0.2, 0) is 6.42 Å². The first-order valence-electron chi connectivity index (χ1n) is 7.86. The first-order chi connectivity index (χ1) is 10.7. The Morgan fingerprint density at radius 3 is 2.95 bits per heavy atom. The molecule has 3 heterocycles. The van der Waals surface area contributed by atoms with Crippen LogP contribution in [0, 0.1) is 0 Å². The smallest absolute Gasteiger partial charge is 0.315 e. The molecule has 0 spiro atoms. The number of pyridine rings is 1. The number of likely N-dealkylation sites (tertiary alicyclic amines) is 1. The van der Waals surface area contributed by atoms with Gasteiger partial charge in [-0.2, -0.15) is 0 Å². The minimum absolute atomic E-state index is 0.0710. The summed E-state index contributed by atoms with van der Waals surface area (Å²) in [7, 11) is 2.12. The number of rotatable bonds is 4. The van der Waals surface area contributed by atoms with Crippen molar-refractivity contribution in [3.63, 3.8) is 0 Å². The number of piperidine rings is 1. The van der Waals surface area contributed by atoms with Gasteiger partial charge in [0.25, 0.3) is 0 Å². The highest BCUT2D eigenvalue weighted by atomic mass is 16.2. The molecular weight excluding hydrogens is 278 g/mol. The van der Waals surface area contributed by atoms with Crippen LogP contribution in [0.5, 0.6) is 0 Å². The molecule has 2 amide bonds. The molecule has 0 aromatic carbocycles. The summed E-state index contributed by atoms with van der Waals surface area (Å²) in [6.45, 7) is 2.70. The minimum Gasteiger partial charge on any atom is -0.338 e. The number of nitrogens with zero attached hydrogens (tertiary/aromatic N) is 3. The number of carbonyl (C=O) groups excluding carboxylic acids is 1. The van der Waals surface area contributed by atoms with Gasteiger partial charge >= 0.3 is 6.03 Å². The van der Waals surface area contributed by atoms with E-state index in [1.165, 1.54) is 0 Å². The molecule has 2 aromatic heterocycles. The number of aromatic nitrogens is 2. The van der Waals surface area contributed by atoms with Gasteiger partial charge in [0.05, 0.1) is 5.69 Å². The van der Waals surface area contributed by atoms with Crippen LogP contribution in [0.4, 0.5) is 4.79 Å². The lowest BCUT2D eigenvalue weighted by atomic mass is 10.1. The highest BCUT2D eigenvalue weighted by Crippen LogP contribution is 2.08. The van der Waals surface area contributed by atoms with Crippen molar-refractivity contribution in [2.75, 3.05) is 26.7 Å². The van der Waals surface area contributed by atoms with Gasteiger partial charge < -0.3 is 19.9 Å². The zero-order chi connectivity index (χ0) is 15.4. The van der Waals surface area contributed by atoms with Crippen molar-refractivity contribution < 1.29 is 4.79 Å². The van der Waals surface area contributed by atoms with Gasteiger partial charge in [-0.05, 0) is 45.1 Å². The topological polar surface area (TPSA) is 61.7 Å². The summed E-state index contributed by atoms with van der Waals surface area (Å²) in [5, 5.41) is 5.97. The molecule has 6 nitrogen and oxygen atoms in total. The Hall–Kier alpha value is -2.08. The van der Waals surface area contributed by atoms with Crippen molar-refractivity contribution in [3.05, 3.63) is 36.3 Å². The predicted molar refractivity (Wildman–Crippen MR) is 85.9 cm³/mol. The average Bonchev–Trinajstić information content (AvgIpc) is 2.92. The Bertz CT molecular complexity index is 597. The molecule has 0 saturated carbocycles. The summed E-state index contributed by atoms with van der Waals surface area (Å²) in [5.41, 5.74) is 1.93. The van der Waals surface area contributed by atoms with E-state index in [-0.39, 0.29) is 6.03 Å². The highest BCUT2D eigenvalue weighted by molar-refractivity contribution is 5.74. The molecule has 0 bridgehead atoms. The van der Waals surface area contributed by atoms with Crippen LogP contribution in [0.25, 0.3) is 5.65 Å². The average molecular weight is 301 g/mol. The molecule has 22 heavy (non-hydrogen) atoms. The Labute approximate surface area is 130 Å². The summed E-state index contributed by atoms with van der Waals surface area (Å²) in [6.07, 6.45) is 6.77. The summed E-state index contributed by atoms with van der Waals surface area (Å²) in [6, 6.07) is 6.15. The second-order valence-corrected chi connectivity index (χ2v) is 5.93. The normalized spacial score (nSPS) is 16.8. The zero-order valence-corrected chi connectivity index (χ0v) is 13.0. The molecule has 0 radical (unpaired) electrons. The number of amides is 2. The van der Waals surface area contributed by atoms with E-state index in [4.69, 9.17) is 0 Å². The quantitative estimate of drug-likeness (QED) is 0.894. The standard InChI is InChI=1S/C16H23N5O/c1-20-10-6-13(7-11-20)19-16(22)17-8-5-14-12-21-9-3-2-4-15(21)18-14/h2-4,9,12-13H,5-8,10-11H2,1H3,(H2,17,19,22). The minimum atomic E-state index is -0.0710. The maximum atomic E-state index is 11.9. The molecule has 1 fully saturated rings. The van der Waals surface area contributed by atoms with Crippen LogP contribution in [0.1, 0.15) is 18.5 Å². The monoisotopic (exact) mass is 301 g/mol. The zero-order valence-electron chi connectivity index (χ0n) is 13.0. The fraction of sp³-hybridized carbons (Fsp3) is 0.500.